The Balaban J connectivity index is 2.66. The van der Waals surface area contributed by atoms with E-state index < -0.39 is 0 Å². The van der Waals surface area contributed by atoms with Gasteiger partial charge in [-0.3, -0.25) is 4.79 Å². The van der Waals surface area contributed by atoms with E-state index in [4.69, 9.17) is 0 Å². The molecule has 1 N–H and O–H groups in total. The smallest absolute Gasteiger partial charge is 0.251 e. The molecule has 0 saturated carbocycles. The number of halogens is 1. The highest BCUT2D eigenvalue weighted by molar-refractivity contribution is 9.09. The van der Waals surface area contributed by atoms with Gasteiger partial charge in [-0.25, -0.2) is 0 Å². The van der Waals surface area contributed by atoms with Gasteiger partial charge in [-0.1, -0.05) is 33.6 Å². The Bertz CT molecular complexity index is 390. The molecule has 1 unspecified atom stereocenters. The Morgan fingerprint density at radius 1 is 1.41 bits per heavy atom. The van der Waals surface area contributed by atoms with Crippen LogP contribution in [-0.2, 0) is 0 Å². The fourth-order valence-corrected chi connectivity index (χ4v) is 2.06. The number of aryl methyl sites for hydroxylation is 2. The highest BCUT2D eigenvalue weighted by Crippen LogP contribution is 2.11. The van der Waals surface area contributed by atoms with E-state index in [1.807, 2.05) is 39.0 Å². The molecule has 0 aliphatic rings. The van der Waals surface area contributed by atoms with Crippen LogP contribution < -0.4 is 5.32 Å². The fourth-order valence-electron chi connectivity index (χ4n) is 1.74. The number of hydrogen-bond donors (Lipinski definition) is 1. The summed E-state index contributed by atoms with van der Waals surface area (Å²) in [6, 6.07) is 6.19. The van der Waals surface area contributed by atoms with Crippen molar-refractivity contribution in [3.63, 3.8) is 0 Å². The lowest BCUT2D eigenvalue weighted by atomic mass is 10.0. The first-order valence-electron chi connectivity index (χ1n) is 5.98. The van der Waals surface area contributed by atoms with Gasteiger partial charge in [-0.15, -0.1) is 0 Å². The van der Waals surface area contributed by atoms with Crippen molar-refractivity contribution in [1.29, 1.82) is 0 Å². The highest BCUT2D eigenvalue weighted by atomic mass is 79.9. The van der Waals surface area contributed by atoms with Crippen molar-refractivity contribution in [3.05, 3.63) is 34.9 Å². The molecule has 3 heteroatoms. The van der Waals surface area contributed by atoms with Crippen molar-refractivity contribution < 1.29 is 4.79 Å². The second kappa shape index (κ2) is 6.80. The Hall–Kier alpha value is -0.830. The molecule has 1 atom stereocenters. The van der Waals surface area contributed by atoms with Crippen LogP contribution in [0.25, 0.3) is 0 Å². The quantitative estimate of drug-likeness (QED) is 0.827. The largest absolute Gasteiger partial charge is 0.350 e. The lowest BCUT2D eigenvalue weighted by Gasteiger charge is -2.14. The molecule has 0 saturated heterocycles. The fraction of sp³-hybridized carbons (Fsp3) is 0.500. The van der Waals surface area contributed by atoms with Crippen LogP contribution in [0.1, 0.15) is 41.3 Å². The molecular weight excluding hydrogens is 278 g/mol. The standard InChI is InChI=1S/C14H20BrNO/c1-10-6-7-11(2)13(9-10)14(17)16-12(3)5-4-8-15/h6-7,9,12H,4-5,8H2,1-3H3,(H,16,17). The summed E-state index contributed by atoms with van der Waals surface area (Å²) in [6.45, 7) is 6.02. The van der Waals surface area contributed by atoms with Crippen LogP contribution in [0.3, 0.4) is 0 Å². The van der Waals surface area contributed by atoms with Crippen LogP contribution in [0.5, 0.6) is 0 Å². The minimum absolute atomic E-state index is 0.0354. The minimum atomic E-state index is 0.0354. The van der Waals surface area contributed by atoms with Gasteiger partial charge in [0.05, 0.1) is 0 Å². The monoisotopic (exact) mass is 297 g/mol. The topological polar surface area (TPSA) is 29.1 Å². The van der Waals surface area contributed by atoms with Gasteiger partial charge >= 0.3 is 0 Å². The maximum atomic E-state index is 12.1. The Morgan fingerprint density at radius 3 is 2.76 bits per heavy atom. The van der Waals surface area contributed by atoms with Crippen LogP contribution in [0.4, 0.5) is 0 Å². The van der Waals surface area contributed by atoms with Gasteiger partial charge in [0, 0.05) is 16.9 Å². The van der Waals surface area contributed by atoms with E-state index in [2.05, 4.69) is 21.2 Å². The molecule has 1 aromatic rings. The van der Waals surface area contributed by atoms with Gasteiger partial charge in [0.15, 0.2) is 0 Å². The summed E-state index contributed by atoms with van der Waals surface area (Å²) in [5, 5.41) is 4.02. The van der Waals surface area contributed by atoms with Crippen LogP contribution in [0.2, 0.25) is 0 Å². The first-order valence-corrected chi connectivity index (χ1v) is 7.11. The summed E-state index contributed by atoms with van der Waals surface area (Å²) in [4.78, 5) is 12.1. The molecule has 94 valence electrons. The Kier molecular flexibility index (Phi) is 5.69. The highest BCUT2D eigenvalue weighted by Gasteiger charge is 2.11. The Labute approximate surface area is 112 Å². The third-order valence-corrected chi connectivity index (χ3v) is 3.35. The van der Waals surface area contributed by atoms with Gasteiger partial charge in [0.2, 0.25) is 0 Å². The normalized spacial score (nSPS) is 12.2. The maximum absolute atomic E-state index is 12.1. The first-order chi connectivity index (χ1) is 8.04. The predicted octanol–water partition coefficient (Wildman–Crippen LogP) is 3.60. The molecular formula is C14H20BrNO. The van der Waals surface area contributed by atoms with Crippen LogP contribution in [0.15, 0.2) is 18.2 Å². The lowest BCUT2D eigenvalue weighted by Crippen LogP contribution is -2.33. The maximum Gasteiger partial charge on any atom is 0.251 e. The van der Waals surface area contributed by atoms with E-state index >= 15 is 0 Å². The number of hydrogen-bond acceptors (Lipinski definition) is 1. The van der Waals surface area contributed by atoms with Crippen molar-refractivity contribution in [1.82, 2.24) is 5.32 Å². The Morgan fingerprint density at radius 2 is 2.12 bits per heavy atom. The molecule has 0 spiro atoms. The van der Waals surface area contributed by atoms with E-state index in [-0.39, 0.29) is 11.9 Å². The molecule has 1 rings (SSSR count). The molecule has 0 bridgehead atoms. The van der Waals surface area contributed by atoms with Crippen LogP contribution in [-0.4, -0.2) is 17.3 Å². The number of alkyl halides is 1. The number of benzene rings is 1. The lowest BCUT2D eigenvalue weighted by molar-refractivity contribution is 0.0937. The van der Waals surface area contributed by atoms with E-state index in [1.165, 1.54) is 0 Å². The molecule has 0 heterocycles. The molecule has 1 aromatic carbocycles. The summed E-state index contributed by atoms with van der Waals surface area (Å²) < 4.78 is 0. The van der Waals surface area contributed by atoms with E-state index in [0.717, 1.165) is 34.9 Å². The average Bonchev–Trinajstić information content (AvgIpc) is 2.29. The molecule has 17 heavy (non-hydrogen) atoms. The van der Waals surface area contributed by atoms with Crippen molar-refractivity contribution in [3.8, 4) is 0 Å². The van der Waals surface area contributed by atoms with Gasteiger partial charge in [0.1, 0.15) is 0 Å². The molecule has 0 fully saturated rings. The molecule has 0 aliphatic carbocycles. The van der Waals surface area contributed by atoms with Gasteiger partial charge in [0.25, 0.3) is 5.91 Å². The number of carbonyl (C=O) groups is 1. The van der Waals surface area contributed by atoms with Crippen molar-refractivity contribution in [2.45, 2.75) is 39.7 Å². The third-order valence-electron chi connectivity index (χ3n) is 2.79. The SMILES string of the molecule is Cc1ccc(C)c(C(=O)NC(C)CCCBr)c1. The number of nitrogens with one attached hydrogen (secondary N) is 1. The first kappa shape index (κ1) is 14.2. The van der Waals surface area contributed by atoms with Crippen LogP contribution >= 0.6 is 15.9 Å². The summed E-state index contributed by atoms with van der Waals surface area (Å²) in [5.74, 6) is 0.0354. The van der Waals surface area contributed by atoms with Gasteiger partial charge in [-0.2, -0.15) is 0 Å². The average molecular weight is 298 g/mol. The zero-order chi connectivity index (χ0) is 12.8. The third kappa shape index (κ3) is 4.50. The van der Waals surface area contributed by atoms with Gasteiger partial charge < -0.3 is 5.32 Å². The number of rotatable bonds is 5. The van der Waals surface area contributed by atoms with Crippen molar-refractivity contribution >= 4 is 21.8 Å². The molecule has 1 amide bonds. The zero-order valence-corrected chi connectivity index (χ0v) is 12.3. The van der Waals surface area contributed by atoms with Crippen molar-refractivity contribution in [2.75, 3.05) is 5.33 Å². The van der Waals surface area contributed by atoms with E-state index in [0.29, 0.717) is 0 Å². The number of carbonyl (C=O) groups excluding carboxylic acids is 1. The van der Waals surface area contributed by atoms with Crippen molar-refractivity contribution in [2.24, 2.45) is 0 Å². The second-order valence-corrected chi connectivity index (χ2v) is 5.32. The summed E-state index contributed by atoms with van der Waals surface area (Å²) in [5.41, 5.74) is 2.94. The van der Waals surface area contributed by atoms with E-state index in [9.17, 15) is 4.79 Å². The summed E-state index contributed by atoms with van der Waals surface area (Å²) >= 11 is 3.40. The molecule has 0 radical (unpaired) electrons. The molecule has 0 aromatic heterocycles. The van der Waals surface area contributed by atoms with E-state index in [1.54, 1.807) is 0 Å². The minimum Gasteiger partial charge on any atom is -0.350 e. The summed E-state index contributed by atoms with van der Waals surface area (Å²) in [6.07, 6.45) is 2.08. The van der Waals surface area contributed by atoms with Gasteiger partial charge in [-0.05, 0) is 45.2 Å². The molecule has 0 aliphatic heterocycles. The summed E-state index contributed by atoms with van der Waals surface area (Å²) in [7, 11) is 0. The zero-order valence-electron chi connectivity index (χ0n) is 10.7. The second-order valence-electron chi connectivity index (χ2n) is 4.52. The molecule has 2 nitrogen and oxygen atoms in total. The van der Waals surface area contributed by atoms with Crippen LogP contribution in [0, 0.1) is 13.8 Å². The predicted molar refractivity (Wildman–Crippen MR) is 75.9 cm³/mol. The number of amides is 1.